The molecule has 2 bridgehead atoms. The van der Waals surface area contributed by atoms with E-state index in [-0.39, 0.29) is 0 Å². The van der Waals surface area contributed by atoms with Gasteiger partial charge in [-0.1, -0.05) is 18.6 Å². The quantitative estimate of drug-likeness (QED) is 0.891. The van der Waals surface area contributed by atoms with Crippen molar-refractivity contribution in [3.05, 3.63) is 24.3 Å². The lowest BCUT2D eigenvalue weighted by atomic mass is 9.85. The number of nitrogens with one attached hydrogen (secondary N) is 1. The van der Waals surface area contributed by atoms with Gasteiger partial charge in [-0.15, -0.1) is 0 Å². The molecule has 0 spiro atoms. The highest BCUT2D eigenvalue weighted by atomic mass is 16.5. The van der Waals surface area contributed by atoms with Crippen molar-refractivity contribution in [1.82, 2.24) is 5.32 Å². The smallest absolute Gasteiger partial charge is 0.161 e. The average Bonchev–Trinajstić information content (AvgIpc) is 2.39. The lowest BCUT2D eigenvalue weighted by Crippen LogP contribution is -2.51. The van der Waals surface area contributed by atoms with E-state index in [1.807, 2.05) is 24.3 Å². The van der Waals surface area contributed by atoms with Gasteiger partial charge in [-0.05, 0) is 37.8 Å². The minimum absolute atomic E-state index is 0.331. The fourth-order valence-corrected chi connectivity index (χ4v) is 3.21. The Hall–Kier alpha value is -1.22. The summed E-state index contributed by atoms with van der Waals surface area (Å²) in [5.74, 6) is 1.71. The van der Waals surface area contributed by atoms with Gasteiger partial charge in [0.25, 0.3) is 0 Å². The van der Waals surface area contributed by atoms with Gasteiger partial charge < -0.3 is 14.8 Å². The molecule has 3 heteroatoms. The van der Waals surface area contributed by atoms with Crippen LogP contribution in [0.2, 0.25) is 0 Å². The summed E-state index contributed by atoms with van der Waals surface area (Å²) in [6.45, 7) is 0. The van der Waals surface area contributed by atoms with Crippen molar-refractivity contribution in [2.24, 2.45) is 0 Å². The first-order chi connectivity index (χ1) is 8.85. The monoisotopic (exact) mass is 247 g/mol. The van der Waals surface area contributed by atoms with E-state index in [1.54, 1.807) is 7.11 Å². The van der Waals surface area contributed by atoms with Gasteiger partial charge in [0.15, 0.2) is 11.5 Å². The summed E-state index contributed by atoms with van der Waals surface area (Å²) in [5, 5.41) is 3.69. The normalized spacial score (nSPS) is 30.8. The number of hydrogen-bond donors (Lipinski definition) is 1. The average molecular weight is 247 g/mol. The molecule has 0 aromatic heterocycles. The summed E-state index contributed by atoms with van der Waals surface area (Å²) in [7, 11) is 1.69. The fourth-order valence-electron chi connectivity index (χ4n) is 3.21. The highest BCUT2D eigenvalue weighted by Crippen LogP contribution is 2.32. The standard InChI is InChI=1S/C15H21NO2/c1-17-14-7-2-3-8-15(14)18-13-9-11-5-4-6-12(10-13)16-11/h2-3,7-8,11-13,16H,4-6,9-10H2,1H3. The zero-order chi connectivity index (χ0) is 12.4. The van der Waals surface area contributed by atoms with E-state index in [0.29, 0.717) is 18.2 Å². The van der Waals surface area contributed by atoms with Crippen molar-refractivity contribution in [2.75, 3.05) is 7.11 Å². The Bertz CT molecular complexity index is 395. The van der Waals surface area contributed by atoms with Crippen molar-refractivity contribution in [3.8, 4) is 11.5 Å². The van der Waals surface area contributed by atoms with Crippen LogP contribution in [0.4, 0.5) is 0 Å². The van der Waals surface area contributed by atoms with Crippen LogP contribution in [0.3, 0.4) is 0 Å². The molecule has 2 atom stereocenters. The zero-order valence-electron chi connectivity index (χ0n) is 10.9. The molecule has 98 valence electrons. The third-order valence-electron chi connectivity index (χ3n) is 4.03. The summed E-state index contributed by atoms with van der Waals surface area (Å²) in [6, 6.07) is 9.23. The second-order valence-corrected chi connectivity index (χ2v) is 5.35. The van der Waals surface area contributed by atoms with Crippen molar-refractivity contribution in [1.29, 1.82) is 0 Å². The highest BCUT2D eigenvalue weighted by Gasteiger charge is 2.32. The van der Waals surface area contributed by atoms with Crippen LogP contribution in [-0.2, 0) is 0 Å². The molecule has 0 radical (unpaired) electrons. The van der Waals surface area contributed by atoms with E-state index in [0.717, 1.165) is 24.3 Å². The number of benzene rings is 1. The minimum atomic E-state index is 0.331. The molecule has 3 nitrogen and oxygen atoms in total. The highest BCUT2D eigenvalue weighted by molar-refractivity contribution is 5.39. The topological polar surface area (TPSA) is 30.5 Å². The van der Waals surface area contributed by atoms with Gasteiger partial charge in [-0.25, -0.2) is 0 Å². The molecule has 2 fully saturated rings. The fraction of sp³-hybridized carbons (Fsp3) is 0.600. The van der Waals surface area contributed by atoms with Gasteiger partial charge in [0, 0.05) is 12.1 Å². The Morgan fingerprint density at radius 3 is 2.39 bits per heavy atom. The van der Waals surface area contributed by atoms with E-state index >= 15 is 0 Å². The Morgan fingerprint density at radius 1 is 1.06 bits per heavy atom. The lowest BCUT2D eigenvalue weighted by molar-refractivity contribution is 0.0901. The Labute approximate surface area is 108 Å². The van der Waals surface area contributed by atoms with Crippen molar-refractivity contribution < 1.29 is 9.47 Å². The molecule has 2 saturated heterocycles. The molecule has 0 amide bonds. The molecule has 2 unspecified atom stereocenters. The van der Waals surface area contributed by atoms with Gasteiger partial charge in [-0.3, -0.25) is 0 Å². The van der Waals surface area contributed by atoms with E-state index < -0.39 is 0 Å². The number of hydrogen-bond acceptors (Lipinski definition) is 3. The van der Waals surface area contributed by atoms with Crippen molar-refractivity contribution in [3.63, 3.8) is 0 Å². The maximum atomic E-state index is 6.15. The summed E-state index contributed by atoms with van der Waals surface area (Å²) in [4.78, 5) is 0. The second-order valence-electron chi connectivity index (χ2n) is 5.35. The number of fused-ring (bicyclic) bond motifs is 2. The molecule has 2 aliphatic heterocycles. The van der Waals surface area contributed by atoms with Crippen LogP contribution >= 0.6 is 0 Å². The molecule has 1 N–H and O–H groups in total. The summed E-state index contributed by atoms with van der Waals surface area (Å²) in [5.41, 5.74) is 0. The summed E-state index contributed by atoms with van der Waals surface area (Å²) in [6.07, 6.45) is 6.52. The maximum Gasteiger partial charge on any atom is 0.161 e. The third-order valence-corrected chi connectivity index (χ3v) is 4.03. The molecule has 2 heterocycles. The number of ether oxygens (including phenoxy) is 2. The van der Waals surface area contributed by atoms with Gasteiger partial charge >= 0.3 is 0 Å². The maximum absolute atomic E-state index is 6.15. The minimum Gasteiger partial charge on any atom is -0.493 e. The molecule has 2 aliphatic rings. The third kappa shape index (κ3) is 2.46. The summed E-state index contributed by atoms with van der Waals surface area (Å²) < 4.78 is 11.5. The zero-order valence-corrected chi connectivity index (χ0v) is 10.9. The Morgan fingerprint density at radius 2 is 1.72 bits per heavy atom. The molecule has 18 heavy (non-hydrogen) atoms. The van der Waals surface area contributed by atoms with E-state index in [1.165, 1.54) is 19.3 Å². The summed E-state index contributed by atoms with van der Waals surface area (Å²) >= 11 is 0. The molecular formula is C15H21NO2. The Balaban J connectivity index is 1.69. The van der Waals surface area contributed by atoms with Crippen LogP contribution in [0.15, 0.2) is 24.3 Å². The molecule has 1 aromatic carbocycles. The lowest BCUT2D eigenvalue weighted by Gasteiger charge is -2.40. The van der Waals surface area contributed by atoms with Crippen molar-refractivity contribution in [2.45, 2.75) is 50.3 Å². The number of methoxy groups -OCH3 is 1. The first kappa shape index (κ1) is 11.8. The van der Waals surface area contributed by atoms with Crippen molar-refractivity contribution >= 4 is 0 Å². The molecule has 0 saturated carbocycles. The predicted octanol–water partition coefficient (Wildman–Crippen LogP) is 2.75. The molecular weight excluding hydrogens is 226 g/mol. The largest absolute Gasteiger partial charge is 0.493 e. The number of rotatable bonds is 3. The van der Waals surface area contributed by atoms with E-state index in [2.05, 4.69) is 5.32 Å². The first-order valence-corrected chi connectivity index (χ1v) is 6.91. The van der Waals surface area contributed by atoms with Crippen LogP contribution < -0.4 is 14.8 Å². The van der Waals surface area contributed by atoms with Gasteiger partial charge in [0.1, 0.15) is 6.10 Å². The molecule has 0 aliphatic carbocycles. The number of para-hydroxylation sites is 2. The predicted molar refractivity (Wildman–Crippen MR) is 71.2 cm³/mol. The van der Waals surface area contributed by atoms with Crippen LogP contribution in [0.25, 0.3) is 0 Å². The van der Waals surface area contributed by atoms with E-state index in [4.69, 9.17) is 9.47 Å². The van der Waals surface area contributed by atoms with Crippen LogP contribution in [0, 0.1) is 0 Å². The SMILES string of the molecule is COc1ccccc1OC1CC2CCCC(C1)N2. The molecule has 1 aromatic rings. The van der Waals surface area contributed by atoms with Gasteiger partial charge in [0.2, 0.25) is 0 Å². The number of piperidine rings is 2. The van der Waals surface area contributed by atoms with Crippen LogP contribution in [0.1, 0.15) is 32.1 Å². The van der Waals surface area contributed by atoms with Crippen LogP contribution in [-0.4, -0.2) is 25.3 Å². The van der Waals surface area contributed by atoms with Gasteiger partial charge in [0.05, 0.1) is 7.11 Å². The second kappa shape index (κ2) is 5.19. The van der Waals surface area contributed by atoms with Gasteiger partial charge in [-0.2, -0.15) is 0 Å². The van der Waals surface area contributed by atoms with E-state index in [9.17, 15) is 0 Å². The molecule has 3 rings (SSSR count). The Kier molecular flexibility index (Phi) is 3.41. The van der Waals surface area contributed by atoms with Crippen LogP contribution in [0.5, 0.6) is 11.5 Å². The first-order valence-electron chi connectivity index (χ1n) is 6.91.